The van der Waals surface area contributed by atoms with Crippen LogP contribution in [0.15, 0.2) is 0 Å². The number of nitrogens with two attached hydrogens (primary N) is 1. The van der Waals surface area contributed by atoms with Gasteiger partial charge >= 0.3 is 6.01 Å². The Bertz CT molecular complexity index is 389. The van der Waals surface area contributed by atoms with Gasteiger partial charge < -0.3 is 15.8 Å². The van der Waals surface area contributed by atoms with Gasteiger partial charge in [-0.1, -0.05) is 19.3 Å². The molecule has 0 atom stereocenters. The van der Waals surface area contributed by atoms with Crippen LogP contribution < -0.4 is 15.8 Å². The van der Waals surface area contributed by atoms with E-state index in [1.165, 1.54) is 26.4 Å². The zero-order valence-corrected chi connectivity index (χ0v) is 10.4. The predicted octanol–water partition coefficient (Wildman–Crippen LogP) is 1.60. The van der Waals surface area contributed by atoms with E-state index in [2.05, 4.69) is 27.2 Å². The van der Waals surface area contributed by atoms with Crippen LogP contribution in [0.25, 0.3) is 0 Å². The number of nitrogens with one attached hydrogen (secondary N) is 1. The minimum atomic E-state index is 0.0526. The van der Waals surface area contributed by atoms with Crippen LogP contribution in [0.5, 0.6) is 6.01 Å². The maximum Gasteiger partial charge on any atom is 0.322 e. The normalized spacial score (nSPS) is 18.7. The van der Waals surface area contributed by atoms with Crippen molar-refractivity contribution in [3.05, 3.63) is 0 Å². The summed E-state index contributed by atoms with van der Waals surface area (Å²) < 4.78 is 4.98. The lowest BCUT2D eigenvalue weighted by molar-refractivity contribution is 0.345. The summed E-state index contributed by atoms with van der Waals surface area (Å²) in [4.78, 5) is 12.1. The van der Waals surface area contributed by atoms with Crippen molar-refractivity contribution in [3.63, 3.8) is 0 Å². The molecule has 1 saturated carbocycles. The Morgan fingerprint density at radius 2 is 1.88 bits per heavy atom. The Labute approximate surface area is 101 Å². The van der Waals surface area contributed by atoms with Crippen LogP contribution in [0.4, 0.5) is 11.9 Å². The molecule has 0 spiro atoms. The second-order valence-electron chi connectivity index (χ2n) is 4.75. The molecule has 0 aliphatic heterocycles. The summed E-state index contributed by atoms with van der Waals surface area (Å²) in [6.07, 6.45) is 6.03. The minimum Gasteiger partial charge on any atom is -0.467 e. The highest BCUT2D eigenvalue weighted by atomic mass is 16.5. The maximum absolute atomic E-state index is 5.60. The van der Waals surface area contributed by atoms with E-state index in [0.29, 0.717) is 5.95 Å². The first-order chi connectivity index (χ1) is 8.11. The molecule has 0 amide bonds. The number of aromatic nitrogens is 3. The molecule has 1 aromatic heterocycles. The van der Waals surface area contributed by atoms with Crippen LogP contribution in [0, 0.1) is 0 Å². The first-order valence-corrected chi connectivity index (χ1v) is 5.95. The molecule has 2 rings (SSSR count). The third-order valence-electron chi connectivity index (χ3n) is 3.19. The molecule has 1 heterocycles. The number of hydrogen-bond donors (Lipinski definition) is 2. The van der Waals surface area contributed by atoms with E-state index in [4.69, 9.17) is 10.5 Å². The standard InChI is InChI=1S/C11H19N5O/c1-11(6-4-3-5-7-11)16-9-13-8(12)14-10(15-9)17-2/h3-7H2,1-2H3,(H3,12,13,14,15,16). The monoisotopic (exact) mass is 237 g/mol. The predicted molar refractivity (Wildman–Crippen MR) is 65.9 cm³/mol. The summed E-state index contributed by atoms with van der Waals surface area (Å²) in [6.45, 7) is 2.19. The molecule has 6 heteroatoms. The highest BCUT2D eigenvalue weighted by molar-refractivity contribution is 5.35. The lowest BCUT2D eigenvalue weighted by Gasteiger charge is -2.34. The van der Waals surface area contributed by atoms with Crippen molar-refractivity contribution in [3.8, 4) is 6.01 Å². The largest absolute Gasteiger partial charge is 0.467 e. The van der Waals surface area contributed by atoms with Crippen LogP contribution >= 0.6 is 0 Å². The molecule has 3 N–H and O–H groups in total. The molecular formula is C11H19N5O. The minimum absolute atomic E-state index is 0.0526. The van der Waals surface area contributed by atoms with E-state index in [0.717, 1.165) is 12.8 Å². The van der Waals surface area contributed by atoms with Gasteiger partial charge in [0, 0.05) is 5.54 Å². The number of nitrogens with zero attached hydrogens (tertiary/aromatic N) is 3. The molecule has 0 radical (unpaired) electrons. The number of nitrogen functional groups attached to an aromatic ring is 1. The molecule has 1 fully saturated rings. The van der Waals surface area contributed by atoms with E-state index in [1.54, 1.807) is 0 Å². The van der Waals surface area contributed by atoms with Crippen LogP contribution in [-0.2, 0) is 0 Å². The Morgan fingerprint density at radius 1 is 1.18 bits per heavy atom. The van der Waals surface area contributed by atoms with Crippen molar-refractivity contribution in [2.24, 2.45) is 0 Å². The van der Waals surface area contributed by atoms with E-state index >= 15 is 0 Å². The Hall–Kier alpha value is -1.59. The Balaban J connectivity index is 2.14. The molecule has 0 saturated heterocycles. The number of rotatable bonds is 3. The van der Waals surface area contributed by atoms with Crippen molar-refractivity contribution in [2.45, 2.75) is 44.6 Å². The number of anilines is 2. The van der Waals surface area contributed by atoms with Gasteiger partial charge in [0.05, 0.1) is 7.11 Å². The molecular weight excluding hydrogens is 218 g/mol. The fourth-order valence-corrected chi connectivity index (χ4v) is 2.25. The summed E-state index contributed by atoms with van der Waals surface area (Å²) in [6, 6.07) is 0.249. The van der Waals surface area contributed by atoms with Gasteiger partial charge in [-0.15, -0.1) is 0 Å². The van der Waals surface area contributed by atoms with Gasteiger partial charge in [0.25, 0.3) is 0 Å². The lowest BCUT2D eigenvalue weighted by atomic mass is 9.83. The summed E-state index contributed by atoms with van der Waals surface area (Å²) in [5.41, 5.74) is 5.65. The van der Waals surface area contributed by atoms with Crippen molar-refractivity contribution >= 4 is 11.9 Å². The van der Waals surface area contributed by atoms with Gasteiger partial charge in [0.2, 0.25) is 11.9 Å². The molecule has 0 aromatic carbocycles. The molecule has 94 valence electrons. The smallest absolute Gasteiger partial charge is 0.322 e. The molecule has 1 aromatic rings. The quantitative estimate of drug-likeness (QED) is 0.830. The maximum atomic E-state index is 5.60. The van der Waals surface area contributed by atoms with Crippen LogP contribution in [0.3, 0.4) is 0 Å². The molecule has 0 bridgehead atoms. The van der Waals surface area contributed by atoms with Crippen LogP contribution in [-0.4, -0.2) is 27.6 Å². The summed E-state index contributed by atoms with van der Waals surface area (Å²) in [5, 5.41) is 3.35. The van der Waals surface area contributed by atoms with Crippen molar-refractivity contribution < 1.29 is 4.74 Å². The van der Waals surface area contributed by atoms with Gasteiger partial charge in [0.1, 0.15) is 0 Å². The number of hydrogen-bond acceptors (Lipinski definition) is 6. The summed E-state index contributed by atoms with van der Waals surface area (Å²) in [7, 11) is 1.51. The van der Waals surface area contributed by atoms with E-state index in [9.17, 15) is 0 Å². The highest BCUT2D eigenvalue weighted by Crippen LogP contribution is 2.30. The molecule has 6 nitrogen and oxygen atoms in total. The summed E-state index contributed by atoms with van der Waals surface area (Å²) >= 11 is 0. The van der Waals surface area contributed by atoms with E-state index in [1.807, 2.05) is 0 Å². The van der Waals surface area contributed by atoms with Gasteiger partial charge in [-0.05, 0) is 19.8 Å². The zero-order chi connectivity index (χ0) is 12.3. The second kappa shape index (κ2) is 4.73. The summed E-state index contributed by atoms with van der Waals surface area (Å²) in [5.74, 6) is 0.678. The Morgan fingerprint density at radius 3 is 2.53 bits per heavy atom. The number of ether oxygens (including phenoxy) is 1. The van der Waals surface area contributed by atoms with Crippen LogP contribution in [0.2, 0.25) is 0 Å². The fraction of sp³-hybridized carbons (Fsp3) is 0.727. The SMILES string of the molecule is COc1nc(N)nc(NC2(C)CCCCC2)n1. The molecule has 0 unspecified atom stereocenters. The average Bonchev–Trinajstić information content (AvgIpc) is 2.28. The highest BCUT2D eigenvalue weighted by Gasteiger charge is 2.27. The van der Waals surface area contributed by atoms with E-state index in [-0.39, 0.29) is 17.5 Å². The zero-order valence-electron chi connectivity index (χ0n) is 10.4. The van der Waals surface area contributed by atoms with E-state index < -0.39 is 0 Å². The van der Waals surface area contributed by atoms with Crippen molar-refractivity contribution in [1.82, 2.24) is 15.0 Å². The average molecular weight is 237 g/mol. The fourth-order valence-electron chi connectivity index (χ4n) is 2.25. The second-order valence-corrected chi connectivity index (χ2v) is 4.75. The van der Waals surface area contributed by atoms with Gasteiger partial charge in [-0.25, -0.2) is 0 Å². The first-order valence-electron chi connectivity index (χ1n) is 5.95. The first kappa shape index (κ1) is 11.9. The molecule has 1 aliphatic carbocycles. The van der Waals surface area contributed by atoms with Gasteiger partial charge in [0.15, 0.2) is 0 Å². The molecule has 17 heavy (non-hydrogen) atoms. The van der Waals surface area contributed by atoms with Gasteiger partial charge in [-0.3, -0.25) is 0 Å². The van der Waals surface area contributed by atoms with Crippen molar-refractivity contribution in [1.29, 1.82) is 0 Å². The third kappa shape index (κ3) is 2.95. The van der Waals surface area contributed by atoms with Gasteiger partial charge in [-0.2, -0.15) is 15.0 Å². The Kier molecular flexibility index (Phi) is 3.31. The third-order valence-corrected chi connectivity index (χ3v) is 3.19. The van der Waals surface area contributed by atoms with Crippen molar-refractivity contribution in [2.75, 3.05) is 18.2 Å². The lowest BCUT2D eigenvalue weighted by Crippen LogP contribution is -2.37. The van der Waals surface area contributed by atoms with Crippen LogP contribution in [0.1, 0.15) is 39.0 Å². The topological polar surface area (TPSA) is 86.0 Å². The molecule has 1 aliphatic rings. The number of methoxy groups -OCH3 is 1.